The predicted molar refractivity (Wildman–Crippen MR) is 42.2 cm³/mol. The molecular weight excluding hydrogens is 144 g/mol. The lowest BCUT2D eigenvalue weighted by atomic mass is 10.4. The van der Waals surface area contributed by atoms with Crippen LogP contribution in [0.3, 0.4) is 0 Å². The zero-order valence-corrected chi connectivity index (χ0v) is 7.39. The van der Waals surface area contributed by atoms with E-state index in [0.29, 0.717) is 0 Å². The molecule has 0 spiro atoms. The lowest BCUT2D eigenvalue weighted by Crippen LogP contribution is -2.26. The molecule has 10 heavy (non-hydrogen) atoms. The molecule has 1 rings (SSSR count). The fourth-order valence-electron chi connectivity index (χ4n) is 1.18. The Morgan fingerprint density at radius 2 is 2.30 bits per heavy atom. The Labute approximate surface area is 62.0 Å². The minimum Gasteiger partial charge on any atom is -0.413 e. The monoisotopic (exact) mass is 156 g/mol. The summed E-state index contributed by atoms with van der Waals surface area (Å²) in [6.07, 6.45) is 3.48. The summed E-state index contributed by atoms with van der Waals surface area (Å²) in [6.45, 7) is 5.05. The molecule has 1 heterocycles. The SMILES string of the molecule is C[Si]1(C)OCC/C1=C/C=O. The molecule has 0 radical (unpaired) electrons. The van der Waals surface area contributed by atoms with E-state index in [0.717, 1.165) is 19.3 Å². The summed E-state index contributed by atoms with van der Waals surface area (Å²) < 4.78 is 5.52. The second kappa shape index (κ2) is 2.68. The molecule has 0 saturated carbocycles. The second-order valence-electron chi connectivity index (χ2n) is 2.94. The van der Waals surface area contributed by atoms with E-state index < -0.39 is 8.32 Å². The molecule has 1 aliphatic rings. The van der Waals surface area contributed by atoms with Gasteiger partial charge in [-0.25, -0.2) is 0 Å². The van der Waals surface area contributed by atoms with E-state index in [4.69, 9.17) is 4.43 Å². The Bertz CT molecular complexity index is 172. The summed E-state index contributed by atoms with van der Waals surface area (Å²) in [4.78, 5) is 10.1. The fraction of sp³-hybridized carbons (Fsp3) is 0.571. The van der Waals surface area contributed by atoms with Gasteiger partial charge in [0.15, 0.2) is 0 Å². The van der Waals surface area contributed by atoms with Crippen molar-refractivity contribution in [3.8, 4) is 0 Å². The second-order valence-corrected chi connectivity index (χ2v) is 6.89. The highest BCUT2D eigenvalue weighted by molar-refractivity contribution is 6.79. The molecule has 0 atom stereocenters. The van der Waals surface area contributed by atoms with Crippen LogP contribution in [0.2, 0.25) is 13.1 Å². The number of rotatable bonds is 1. The average Bonchev–Trinajstić information content (AvgIpc) is 2.13. The quantitative estimate of drug-likeness (QED) is 0.325. The first-order valence-corrected chi connectivity index (χ1v) is 6.36. The number of aldehydes is 1. The number of allylic oxidation sites excluding steroid dienone is 1. The first-order chi connectivity index (χ1) is 4.67. The van der Waals surface area contributed by atoms with Crippen molar-refractivity contribution in [2.24, 2.45) is 0 Å². The minimum absolute atomic E-state index is 0.804. The van der Waals surface area contributed by atoms with E-state index >= 15 is 0 Å². The Morgan fingerprint density at radius 1 is 1.60 bits per heavy atom. The van der Waals surface area contributed by atoms with E-state index in [2.05, 4.69) is 13.1 Å². The van der Waals surface area contributed by atoms with Gasteiger partial charge < -0.3 is 4.43 Å². The standard InChI is InChI=1S/C7H12O2Si/c1-10(2)7(3-5-8)4-6-9-10/h3,5H,4,6H2,1-2H3/b7-3-. The van der Waals surface area contributed by atoms with Crippen LogP contribution in [0, 0.1) is 0 Å². The van der Waals surface area contributed by atoms with Crippen LogP contribution >= 0.6 is 0 Å². The van der Waals surface area contributed by atoms with Gasteiger partial charge in [0.2, 0.25) is 8.32 Å². The van der Waals surface area contributed by atoms with Crippen LogP contribution in [0.5, 0.6) is 0 Å². The van der Waals surface area contributed by atoms with Gasteiger partial charge in [-0.1, -0.05) is 0 Å². The minimum atomic E-state index is -1.56. The molecule has 0 aliphatic carbocycles. The fourth-order valence-corrected chi connectivity index (χ4v) is 3.15. The maximum Gasteiger partial charge on any atom is 0.214 e. The van der Waals surface area contributed by atoms with Crippen LogP contribution in [0.15, 0.2) is 11.3 Å². The molecule has 2 nitrogen and oxygen atoms in total. The largest absolute Gasteiger partial charge is 0.413 e. The summed E-state index contributed by atoms with van der Waals surface area (Å²) in [5.41, 5.74) is 0. The van der Waals surface area contributed by atoms with E-state index in [-0.39, 0.29) is 0 Å². The highest BCUT2D eigenvalue weighted by Gasteiger charge is 2.32. The van der Waals surface area contributed by atoms with Crippen LogP contribution in [-0.2, 0) is 9.22 Å². The third kappa shape index (κ3) is 1.35. The van der Waals surface area contributed by atoms with Gasteiger partial charge in [0.05, 0.1) is 0 Å². The lowest BCUT2D eigenvalue weighted by Gasteiger charge is -2.14. The van der Waals surface area contributed by atoms with Crippen molar-refractivity contribution in [1.82, 2.24) is 0 Å². The van der Waals surface area contributed by atoms with Crippen molar-refractivity contribution >= 4 is 14.6 Å². The summed E-state index contributed by atoms with van der Waals surface area (Å²) in [6, 6.07) is 0. The first-order valence-electron chi connectivity index (χ1n) is 3.45. The number of hydrogen-bond acceptors (Lipinski definition) is 2. The van der Waals surface area contributed by atoms with Crippen LogP contribution in [0.1, 0.15) is 6.42 Å². The molecule has 1 saturated heterocycles. The molecule has 3 heteroatoms. The van der Waals surface area contributed by atoms with Crippen LogP contribution < -0.4 is 0 Å². The van der Waals surface area contributed by atoms with E-state index in [1.165, 1.54) is 5.20 Å². The third-order valence-electron chi connectivity index (χ3n) is 1.88. The molecular formula is C7H12O2Si. The van der Waals surface area contributed by atoms with Gasteiger partial charge in [0.25, 0.3) is 0 Å². The predicted octanol–water partition coefficient (Wildman–Crippen LogP) is 1.28. The van der Waals surface area contributed by atoms with Gasteiger partial charge >= 0.3 is 0 Å². The van der Waals surface area contributed by atoms with E-state index in [9.17, 15) is 4.79 Å². The number of carbonyl (C=O) groups is 1. The molecule has 1 fully saturated rings. The van der Waals surface area contributed by atoms with Crippen molar-refractivity contribution < 1.29 is 9.22 Å². The Morgan fingerprint density at radius 3 is 2.70 bits per heavy atom. The van der Waals surface area contributed by atoms with Gasteiger partial charge in [-0.3, -0.25) is 4.79 Å². The zero-order chi connectivity index (χ0) is 7.61. The van der Waals surface area contributed by atoms with Crippen LogP contribution in [0.25, 0.3) is 0 Å². The Kier molecular flexibility index (Phi) is 2.06. The van der Waals surface area contributed by atoms with Gasteiger partial charge in [0.1, 0.15) is 6.29 Å². The zero-order valence-electron chi connectivity index (χ0n) is 6.39. The first kappa shape index (κ1) is 7.69. The van der Waals surface area contributed by atoms with Crippen LogP contribution in [0.4, 0.5) is 0 Å². The maximum absolute atomic E-state index is 10.1. The number of hydrogen-bond donors (Lipinski definition) is 0. The molecule has 0 bridgehead atoms. The summed E-state index contributed by atoms with van der Waals surface area (Å²) >= 11 is 0. The lowest BCUT2D eigenvalue weighted by molar-refractivity contribution is -0.104. The molecule has 56 valence electrons. The summed E-state index contributed by atoms with van der Waals surface area (Å²) in [7, 11) is -1.56. The summed E-state index contributed by atoms with van der Waals surface area (Å²) in [5.74, 6) is 0. The molecule has 0 aromatic heterocycles. The Hall–Kier alpha value is -0.413. The van der Waals surface area contributed by atoms with Gasteiger partial charge in [-0.15, -0.1) is 0 Å². The molecule has 1 aliphatic heterocycles. The van der Waals surface area contributed by atoms with E-state index in [1.54, 1.807) is 6.08 Å². The van der Waals surface area contributed by atoms with Gasteiger partial charge in [0, 0.05) is 6.61 Å². The molecule has 0 unspecified atom stereocenters. The maximum atomic E-state index is 10.1. The third-order valence-corrected chi connectivity index (χ3v) is 4.77. The average molecular weight is 156 g/mol. The molecule has 0 N–H and O–H groups in total. The molecule has 0 aromatic rings. The van der Waals surface area contributed by atoms with Crippen molar-refractivity contribution in [3.05, 3.63) is 11.3 Å². The highest BCUT2D eigenvalue weighted by atomic mass is 28.4. The highest BCUT2D eigenvalue weighted by Crippen LogP contribution is 2.25. The van der Waals surface area contributed by atoms with Crippen molar-refractivity contribution in [2.75, 3.05) is 6.61 Å². The Balaban J connectivity index is 2.77. The van der Waals surface area contributed by atoms with E-state index in [1.807, 2.05) is 0 Å². The molecule has 0 aromatic carbocycles. The van der Waals surface area contributed by atoms with Crippen molar-refractivity contribution in [2.45, 2.75) is 19.5 Å². The van der Waals surface area contributed by atoms with Gasteiger partial charge in [-0.2, -0.15) is 0 Å². The normalized spacial score (nSPS) is 27.2. The smallest absolute Gasteiger partial charge is 0.214 e. The van der Waals surface area contributed by atoms with Crippen LogP contribution in [-0.4, -0.2) is 21.2 Å². The topological polar surface area (TPSA) is 26.3 Å². The number of carbonyl (C=O) groups excluding carboxylic acids is 1. The van der Waals surface area contributed by atoms with Crippen molar-refractivity contribution in [3.63, 3.8) is 0 Å². The van der Waals surface area contributed by atoms with Crippen molar-refractivity contribution in [1.29, 1.82) is 0 Å². The van der Waals surface area contributed by atoms with Gasteiger partial charge in [-0.05, 0) is 30.8 Å². The molecule has 0 amide bonds. The summed E-state index contributed by atoms with van der Waals surface area (Å²) in [5, 5.41) is 1.24.